The van der Waals surface area contributed by atoms with Gasteiger partial charge in [0.05, 0.1) is 15.6 Å². The number of nitrogens with one attached hydrogen (secondary N) is 2. The Hall–Kier alpha value is -3.30. The van der Waals surface area contributed by atoms with Crippen LogP contribution in [-0.2, 0) is 10.0 Å². The molecule has 2 N–H and O–H groups in total. The fourth-order valence-corrected chi connectivity index (χ4v) is 4.03. The highest BCUT2D eigenvalue weighted by atomic mass is 35.5. The Morgan fingerprint density at radius 2 is 1.70 bits per heavy atom. The van der Waals surface area contributed by atoms with E-state index < -0.39 is 21.7 Å². The molecule has 0 bridgehead atoms. The summed E-state index contributed by atoms with van der Waals surface area (Å²) in [5.74, 6) is 0.0514. The second-order valence-corrected chi connectivity index (χ2v) is 8.37. The van der Waals surface area contributed by atoms with E-state index in [0.717, 1.165) is 24.3 Å². The summed E-state index contributed by atoms with van der Waals surface area (Å²) in [5.41, 5.74) is 0.667. The normalized spacial score (nSPS) is 12.5. The molecule has 0 saturated heterocycles. The zero-order chi connectivity index (χ0) is 21.3. The van der Waals surface area contributed by atoms with Crippen molar-refractivity contribution in [3.63, 3.8) is 0 Å². The van der Waals surface area contributed by atoms with Gasteiger partial charge in [-0.25, -0.2) is 12.8 Å². The Labute approximate surface area is 176 Å². The number of ether oxygens (including phenoxy) is 2. The molecule has 1 aliphatic rings. The van der Waals surface area contributed by atoms with Crippen molar-refractivity contribution in [1.82, 2.24) is 0 Å². The number of benzene rings is 3. The smallest absolute Gasteiger partial charge is 0.261 e. The van der Waals surface area contributed by atoms with Crippen molar-refractivity contribution in [2.24, 2.45) is 0 Å². The number of halogens is 2. The molecule has 4 rings (SSSR count). The molecule has 7 nitrogen and oxygen atoms in total. The number of amides is 1. The number of hydrogen-bond acceptors (Lipinski definition) is 5. The zero-order valence-electron chi connectivity index (χ0n) is 15.2. The number of anilines is 2. The van der Waals surface area contributed by atoms with Gasteiger partial charge in [-0.2, -0.15) is 0 Å². The predicted octanol–water partition coefficient (Wildman–Crippen LogP) is 4.26. The van der Waals surface area contributed by atoms with E-state index in [1.54, 1.807) is 18.2 Å². The van der Waals surface area contributed by atoms with Crippen LogP contribution < -0.4 is 19.5 Å². The Kier molecular flexibility index (Phi) is 5.23. The van der Waals surface area contributed by atoms with Gasteiger partial charge in [0.25, 0.3) is 15.9 Å². The largest absolute Gasteiger partial charge is 0.454 e. The molecule has 0 radical (unpaired) electrons. The molecule has 3 aromatic rings. The van der Waals surface area contributed by atoms with Gasteiger partial charge in [0.15, 0.2) is 11.5 Å². The van der Waals surface area contributed by atoms with Crippen LogP contribution >= 0.6 is 11.6 Å². The van der Waals surface area contributed by atoms with Gasteiger partial charge in [0.1, 0.15) is 5.82 Å². The molecular weight excluding hydrogens is 435 g/mol. The molecule has 0 aliphatic carbocycles. The highest BCUT2D eigenvalue weighted by Gasteiger charge is 2.18. The molecule has 0 fully saturated rings. The molecule has 30 heavy (non-hydrogen) atoms. The molecule has 0 unspecified atom stereocenters. The van der Waals surface area contributed by atoms with Gasteiger partial charge in [-0.1, -0.05) is 11.6 Å². The fourth-order valence-electron chi connectivity index (χ4n) is 2.74. The maximum Gasteiger partial charge on any atom is 0.261 e. The highest BCUT2D eigenvalue weighted by molar-refractivity contribution is 7.92. The molecule has 1 aliphatic heterocycles. The lowest BCUT2D eigenvalue weighted by atomic mass is 10.2. The standard InChI is InChI=1S/C20H14ClFN2O5S/c21-16-7-1-12(20(25)23-14-4-8-18-19(10-14)29-11-28-18)9-17(16)24-30(26,27)15-5-2-13(22)3-6-15/h1-10,24H,11H2,(H,23,25). The molecule has 0 atom stereocenters. The van der Waals surface area contributed by atoms with E-state index >= 15 is 0 Å². The summed E-state index contributed by atoms with van der Waals surface area (Å²) in [6.07, 6.45) is 0. The van der Waals surface area contributed by atoms with E-state index in [2.05, 4.69) is 10.0 Å². The summed E-state index contributed by atoms with van der Waals surface area (Å²) in [4.78, 5) is 12.5. The number of carbonyl (C=O) groups is 1. The predicted molar refractivity (Wildman–Crippen MR) is 109 cm³/mol. The van der Waals surface area contributed by atoms with Gasteiger partial charge in [0.2, 0.25) is 6.79 Å². The molecule has 3 aromatic carbocycles. The molecule has 0 aromatic heterocycles. The van der Waals surface area contributed by atoms with Crippen molar-refractivity contribution in [1.29, 1.82) is 0 Å². The number of rotatable bonds is 5. The van der Waals surface area contributed by atoms with Gasteiger partial charge in [0, 0.05) is 17.3 Å². The lowest BCUT2D eigenvalue weighted by Crippen LogP contribution is -2.15. The molecule has 154 valence electrons. The second-order valence-electron chi connectivity index (χ2n) is 6.28. The Bertz CT molecular complexity index is 1230. The maximum atomic E-state index is 13.1. The van der Waals surface area contributed by atoms with Crippen LogP contribution in [0, 0.1) is 5.82 Å². The number of hydrogen-bond donors (Lipinski definition) is 2. The first-order valence-electron chi connectivity index (χ1n) is 8.61. The highest BCUT2D eigenvalue weighted by Crippen LogP contribution is 2.34. The van der Waals surface area contributed by atoms with Crippen molar-refractivity contribution in [2.45, 2.75) is 4.90 Å². The third-order valence-corrected chi connectivity index (χ3v) is 5.94. The van der Waals surface area contributed by atoms with Gasteiger partial charge in [-0.15, -0.1) is 0 Å². The number of fused-ring (bicyclic) bond motifs is 1. The first-order chi connectivity index (χ1) is 14.3. The van der Waals surface area contributed by atoms with E-state index in [-0.39, 0.29) is 28.0 Å². The first kappa shape index (κ1) is 20.0. The number of carbonyl (C=O) groups excluding carboxylic acids is 1. The van der Waals surface area contributed by atoms with Crippen LogP contribution in [0.3, 0.4) is 0 Å². The van der Waals surface area contributed by atoms with E-state index in [9.17, 15) is 17.6 Å². The number of sulfonamides is 1. The summed E-state index contributed by atoms with van der Waals surface area (Å²) in [6, 6.07) is 13.4. The topological polar surface area (TPSA) is 93.7 Å². The average Bonchev–Trinajstić information content (AvgIpc) is 3.17. The molecule has 1 heterocycles. The van der Waals surface area contributed by atoms with E-state index in [1.807, 2.05) is 0 Å². The van der Waals surface area contributed by atoms with Gasteiger partial charge in [-0.3, -0.25) is 9.52 Å². The SMILES string of the molecule is O=C(Nc1ccc2c(c1)OCO2)c1ccc(Cl)c(NS(=O)(=O)c2ccc(F)cc2)c1. The van der Waals surface area contributed by atoms with E-state index in [4.69, 9.17) is 21.1 Å². The molecule has 0 saturated carbocycles. The van der Waals surface area contributed by atoms with Crippen LogP contribution in [0.1, 0.15) is 10.4 Å². The summed E-state index contributed by atoms with van der Waals surface area (Å²) in [5, 5.41) is 2.80. The maximum absolute atomic E-state index is 13.1. The van der Waals surface area contributed by atoms with Gasteiger partial charge in [-0.05, 0) is 54.6 Å². The van der Waals surface area contributed by atoms with Crippen LogP contribution in [0.15, 0.2) is 65.6 Å². The summed E-state index contributed by atoms with van der Waals surface area (Å²) >= 11 is 6.09. The fraction of sp³-hybridized carbons (Fsp3) is 0.0500. The van der Waals surface area contributed by atoms with Crippen molar-refractivity contribution < 1.29 is 27.1 Å². The minimum absolute atomic E-state index is 0.0133. The molecule has 1 amide bonds. The molecular formula is C20H14ClFN2O5S. The van der Waals surface area contributed by atoms with E-state index in [0.29, 0.717) is 17.2 Å². The van der Waals surface area contributed by atoms with Gasteiger partial charge >= 0.3 is 0 Å². The Morgan fingerprint density at radius 1 is 0.967 bits per heavy atom. The van der Waals surface area contributed by atoms with Crippen LogP contribution in [0.2, 0.25) is 5.02 Å². The van der Waals surface area contributed by atoms with Gasteiger partial charge < -0.3 is 14.8 Å². The third-order valence-electron chi connectivity index (χ3n) is 4.23. The van der Waals surface area contributed by atoms with Crippen molar-refractivity contribution in [2.75, 3.05) is 16.8 Å². The van der Waals surface area contributed by atoms with Crippen molar-refractivity contribution >= 4 is 38.9 Å². The second kappa shape index (κ2) is 7.85. The van der Waals surface area contributed by atoms with Crippen LogP contribution in [0.5, 0.6) is 11.5 Å². The van der Waals surface area contributed by atoms with Crippen molar-refractivity contribution in [3.8, 4) is 11.5 Å². The lowest BCUT2D eigenvalue weighted by Gasteiger charge is -2.12. The minimum atomic E-state index is -4.02. The van der Waals surface area contributed by atoms with E-state index in [1.165, 1.54) is 18.2 Å². The van der Waals surface area contributed by atoms with Crippen LogP contribution in [0.4, 0.5) is 15.8 Å². The summed E-state index contributed by atoms with van der Waals surface area (Å²) < 4.78 is 50.9. The zero-order valence-corrected chi connectivity index (χ0v) is 16.8. The van der Waals surface area contributed by atoms with Crippen molar-refractivity contribution in [3.05, 3.63) is 77.1 Å². The lowest BCUT2D eigenvalue weighted by molar-refractivity contribution is 0.102. The Morgan fingerprint density at radius 3 is 2.47 bits per heavy atom. The first-order valence-corrected chi connectivity index (χ1v) is 10.5. The quantitative estimate of drug-likeness (QED) is 0.608. The monoisotopic (exact) mass is 448 g/mol. The average molecular weight is 449 g/mol. The summed E-state index contributed by atoms with van der Waals surface area (Å²) in [7, 11) is -4.02. The summed E-state index contributed by atoms with van der Waals surface area (Å²) in [6.45, 7) is 0.113. The van der Waals surface area contributed by atoms with Crippen LogP contribution in [-0.4, -0.2) is 21.1 Å². The minimum Gasteiger partial charge on any atom is -0.454 e. The molecule has 10 heteroatoms. The third kappa shape index (κ3) is 4.17. The Balaban J connectivity index is 1.55. The molecule has 0 spiro atoms. The van der Waals surface area contributed by atoms with Crippen LogP contribution in [0.25, 0.3) is 0 Å².